The summed E-state index contributed by atoms with van der Waals surface area (Å²) >= 11 is 0. The van der Waals surface area contributed by atoms with Crippen LogP contribution in [0.15, 0.2) is 24.3 Å². The lowest BCUT2D eigenvalue weighted by Crippen LogP contribution is -2.41. The number of nitrogens with one attached hydrogen (secondary N) is 1. The van der Waals surface area contributed by atoms with Crippen molar-refractivity contribution in [2.75, 3.05) is 13.2 Å². The Morgan fingerprint density at radius 3 is 2.45 bits per heavy atom. The molecule has 0 bridgehead atoms. The Labute approximate surface area is 123 Å². The van der Waals surface area contributed by atoms with Crippen molar-refractivity contribution in [1.29, 1.82) is 0 Å². The van der Waals surface area contributed by atoms with E-state index in [0.29, 0.717) is 6.61 Å². The van der Waals surface area contributed by atoms with E-state index in [1.54, 1.807) is 0 Å². The number of rotatable bonds is 8. The van der Waals surface area contributed by atoms with Crippen LogP contribution < -0.4 is 10.1 Å². The van der Waals surface area contributed by atoms with Gasteiger partial charge in [-0.2, -0.15) is 0 Å². The topological polar surface area (TPSA) is 30.5 Å². The second kappa shape index (κ2) is 7.65. The van der Waals surface area contributed by atoms with Gasteiger partial charge in [0, 0.05) is 6.61 Å². The number of hydrogen-bond acceptors (Lipinski definition) is 3. The number of hydrogen-bond donors (Lipinski definition) is 1. The third kappa shape index (κ3) is 4.80. The molecule has 0 saturated heterocycles. The third-order valence-corrected chi connectivity index (χ3v) is 3.18. The van der Waals surface area contributed by atoms with Crippen molar-refractivity contribution in [3.05, 3.63) is 29.8 Å². The van der Waals surface area contributed by atoms with E-state index in [0.717, 1.165) is 12.3 Å². The summed E-state index contributed by atoms with van der Waals surface area (Å²) in [6.07, 6.45) is 0.183. The highest BCUT2D eigenvalue weighted by Gasteiger charge is 2.31. The lowest BCUT2D eigenvalue weighted by Gasteiger charge is -2.35. The average Bonchev–Trinajstić information content (AvgIpc) is 2.35. The summed E-state index contributed by atoms with van der Waals surface area (Å²) in [5, 5.41) is 3.52. The molecular weight excluding hydrogens is 250 g/mol. The second-order valence-electron chi connectivity index (χ2n) is 5.77. The van der Waals surface area contributed by atoms with E-state index in [-0.39, 0.29) is 17.7 Å². The summed E-state index contributed by atoms with van der Waals surface area (Å²) in [5.41, 5.74) is 0.935. The number of benzene rings is 1. The number of likely N-dealkylation sites (N-methyl/N-ethyl adjacent to an activating group) is 1. The summed E-state index contributed by atoms with van der Waals surface area (Å²) in [4.78, 5) is 0. The van der Waals surface area contributed by atoms with Gasteiger partial charge in [0.05, 0.1) is 17.7 Å². The van der Waals surface area contributed by atoms with E-state index in [4.69, 9.17) is 9.47 Å². The molecule has 0 radical (unpaired) electrons. The maximum Gasteiger partial charge on any atom is 0.120 e. The van der Waals surface area contributed by atoms with Crippen LogP contribution >= 0.6 is 0 Å². The van der Waals surface area contributed by atoms with E-state index in [2.05, 4.69) is 38.2 Å². The Morgan fingerprint density at radius 2 is 1.90 bits per heavy atom. The zero-order valence-electron chi connectivity index (χ0n) is 13.7. The van der Waals surface area contributed by atoms with Gasteiger partial charge in [-0.25, -0.2) is 0 Å². The van der Waals surface area contributed by atoms with E-state index in [9.17, 15) is 0 Å². The molecule has 3 heteroatoms. The van der Waals surface area contributed by atoms with Crippen LogP contribution in [0.4, 0.5) is 0 Å². The fourth-order valence-corrected chi connectivity index (χ4v) is 2.46. The maximum atomic E-state index is 5.92. The van der Waals surface area contributed by atoms with Crippen LogP contribution in [0, 0.1) is 0 Å². The van der Waals surface area contributed by atoms with Crippen LogP contribution in [-0.2, 0) is 4.74 Å². The molecule has 1 aromatic rings. The SMILES string of the molecule is CCNC(c1cccc(OC(C)C)c1)C(C)(C)OCC. The standard InChI is InChI=1S/C17H29NO2/c1-7-18-16(17(5,6)19-8-2)14-10-9-11-15(12-14)20-13(3)4/h9-13,16,18H,7-8H2,1-6H3. The van der Waals surface area contributed by atoms with E-state index in [1.165, 1.54) is 5.56 Å². The van der Waals surface area contributed by atoms with Gasteiger partial charge in [-0.1, -0.05) is 19.1 Å². The average molecular weight is 279 g/mol. The Hall–Kier alpha value is -1.06. The quantitative estimate of drug-likeness (QED) is 0.782. The highest BCUT2D eigenvalue weighted by atomic mass is 16.5. The molecule has 0 amide bonds. The van der Waals surface area contributed by atoms with Gasteiger partial charge < -0.3 is 14.8 Å². The minimum atomic E-state index is -0.263. The molecule has 0 aliphatic rings. The fourth-order valence-electron chi connectivity index (χ4n) is 2.46. The Morgan fingerprint density at radius 1 is 1.20 bits per heavy atom. The molecule has 0 heterocycles. The van der Waals surface area contributed by atoms with Gasteiger partial charge in [0.2, 0.25) is 0 Å². The van der Waals surface area contributed by atoms with Gasteiger partial charge in [-0.05, 0) is 58.9 Å². The van der Waals surface area contributed by atoms with Crippen molar-refractivity contribution >= 4 is 0 Å². The summed E-state index contributed by atoms with van der Waals surface area (Å²) in [7, 11) is 0. The van der Waals surface area contributed by atoms with Crippen LogP contribution in [0.3, 0.4) is 0 Å². The molecule has 0 spiro atoms. The van der Waals surface area contributed by atoms with E-state index < -0.39 is 0 Å². The zero-order valence-corrected chi connectivity index (χ0v) is 13.7. The first-order chi connectivity index (χ1) is 9.40. The molecule has 1 N–H and O–H groups in total. The van der Waals surface area contributed by atoms with Crippen LogP contribution in [0.2, 0.25) is 0 Å². The molecule has 0 saturated carbocycles. The molecule has 20 heavy (non-hydrogen) atoms. The van der Waals surface area contributed by atoms with Crippen molar-refractivity contribution in [1.82, 2.24) is 5.32 Å². The maximum absolute atomic E-state index is 5.92. The Balaban J connectivity index is 3.02. The first kappa shape index (κ1) is 17.0. The second-order valence-corrected chi connectivity index (χ2v) is 5.77. The van der Waals surface area contributed by atoms with Gasteiger partial charge >= 0.3 is 0 Å². The lowest BCUT2D eigenvalue weighted by molar-refractivity contribution is -0.0389. The molecule has 1 aromatic carbocycles. The molecule has 3 nitrogen and oxygen atoms in total. The molecule has 1 unspecified atom stereocenters. The first-order valence-electron chi connectivity index (χ1n) is 7.54. The minimum Gasteiger partial charge on any atom is -0.491 e. The van der Waals surface area contributed by atoms with Crippen molar-refractivity contribution < 1.29 is 9.47 Å². The highest BCUT2D eigenvalue weighted by molar-refractivity contribution is 5.32. The van der Waals surface area contributed by atoms with Gasteiger partial charge in [0.1, 0.15) is 5.75 Å². The largest absolute Gasteiger partial charge is 0.491 e. The summed E-state index contributed by atoms with van der Waals surface area (Å²) in [6, 6.07) is 8.41. The van der Waals surface area contributed by atoms with E-state index in [1.807, 2.05) is 32.9 Å². The van der Waals surface area contributed by atoms with Gasteiger partial charge in [-0.3, -0.25) is 0 Å². The molecular formula is C17H29NO2. The Bertz CT molecular complexity index is 402. The molecule has 0 aliphatic heterocycles. The predicted molar refractivity (Wildman–Crippen MR) is 84.3 cm³/mol. The smallest absolute Gasteiger partial charge is 0.120 e. The molecule has 114 valence electrons. The van der Waals surface area contributed by atoms with E-state index >= 15 is 0 Å². The molecule has 1 rings (SSSR count). The van der Waals surface area contributed by atoms with Crippen LogP contribution in [0.5, 0.6) is 5.75 Å². The lowest BCUT2D eigenvalue weighted by atomic mass is 9.91. The Kier molecular flexibility index (Phi) is 6.50. The summed E-state index contributed by atoms with van der Waals surface area (Å²) < 4.78 is 11.7. The minimum absolute atomic E-state index is 0.142. The van der Waals surface area contributed by atoms with Gasteiger partial charge in [-0.15, -0.1) is 0 Å². The molecule has 0 fully saturated rings. The molecule has 0 aliphatic carbocycles. The van der Waals surface area contributed by atoms with Crippen LogP contribution in [0.25, 0.3) is 0 Å². The summed E-state index contributed by atoms with van der Waals surface area (Å²) in [6.45, 7) is 14.1. The fraction of sp³-hybridized carbons (Fsp3) is 0.647. The highest BCUT2D eigenvalue weighted by Crippen LogP contribution is 2.31. The van der Waals surface area contributed by atoms with Crippen molar-refractivity contribution in [2.24, 2.45) is 0 Å². The van der Waals surface area contributed by atoms with Crippen molar-refractivity contribution in [3.8, 4) is 5.75 Å². The first-order valence-corrected chi connectivity index (χ1v) is 7.54. The zero-order chi connectivity index (χ0) is 15.2. The van der Waals surface area contributed by atoms with Crippen molar-refractivity contribution in [2.45, 2.75) is 59.3 Å². The van der Waals surface area contributed by atoms with Gasteiger partial charge in [0.15, 0.2) is 0 Å². The van der Waals surface area contributed by atoms with Crippen LogP contribution in [-0.4, -0.2) is 24.9 Å². The van der Waals surface area contributed by atoms with Crippen molar-refractivity contribution in [3.63, 3.8) is 0 Å². The third-order valence-electron chi connectivity index (χ3n) is 3.18. The molecule has 0 aromatic heterocycles. The normalized spacial score (nSPS) is 13.6. The monoisotopic (exact) mass is 279 g/mol. The summed E-state index contributed by atoms with van der Waals surface area (Å²) in [5.74, 6) is 0.910. The molecule has 1 atom stereocenters. The predicted octanol–water partition coefficient (Wildman–Crippen LogP) is 3.94. The van der Waals surface area contributed by atoms with Crippen LogP contribution in [0.1, 0.15) is 53.1 Å². The number of ether oxygens (including phenoxy) is 2. The van der Waals surface area contributed by atoms with Gasteiger partial charge in [0.25, 0.3) is 0 Å².